The molecule has 0 spiro atoms. The van der Waals surface area contributed by atoms with E-state index in [-0.39, 0.29) is 0 Å². The molecule has 1 aliphatic rings. The van der Waals surface area contributed by atoms with E-state index >= 15 is 0 Å². The maximum atomic E-state index is 5.97. The molecular formula is C15H19N3. The summed E-state index contributed by atoms with van der Waals surface area (Å²) in [5.41, 5.74) is 11.2. The molecule has 0 amide bonds. The number of nitrogen functional groups attached to an aromatic ring is 1. The first-order valence-corrected chi connectivity index (χ1v) is 6.58. The number of imidazole rings is 1. The van der Waals surface area contributed by atoms with E-state index in [1.165, 1.54) is 19.3 Å². The van der Waals surface area contributed by atoms with E-state index in [9.17, 15) is 0 Å². The lowest BCUT2D eigenvalue weighted by Crippen LogP contribution is -2.10. The fourth-order valence-corrected chi connectivity index (χ4v) is 2.43. The lowest BCUT2D eigenvalue weighted by molar-refractivity contribution is 0.404. The highest BCUT2D eigenvalue weighted by atomic mass is 14.9. The van der Waals surface area contributed by atoms with Gasteiger partial charge < -0.3 is 10.7 Å². The first kappa shape index (κ1) is 11.3. The molecule has 94 valence electrons. The lowest BCUT2D eigenvalue weighted by Gasteiger charge is -2.22. The van der Waals surface area contributed by atoms with E-state index in [0.29, 0.717) is 5.92 Å². The summed E-state index contributed by atoms with van der Waals surface area (Å²) in [6.07, 6.45) is 3.86. The molecular weight excluding hydrogens is 222 g/mol. The topological polar surface area (TPSA) is 54.7 Å². The van der Waals surface area contributed by atoms with Crippen LogP contribution in [0.4, 0.5) is 5.69 Å². The summed E-state index contributed by atoms with van der Waals surface area (Å²) in [4.78, 5) is 8.19. The van der Waals surface area contributed by atoms with E-state index in [4.69, 9.17) is 10.7 Å². The zero-order valence-electron chi connectivity index (χ0n) is 11.0. The Hall–Kier alpha value is -1.77. The number of hydrogen-bond acceptors (Lipinski definition) is 2. The van der Waals surface area contributed by atoms with Crippen molar-refractivity contribution in [1.82, 2.24) is 9.97 Å². The second kappa shape index (κ2) is 4.16. The van der Waals surface area contributed by atoms with Crippen LogP contribution >= 0.6 is 0 Å². The number of aromatic amines is 1. The standard InChI is InChI=1S/C15H19N3/c1-9-6-7-12(8-13(9)16)14-10(2)17-15(18-14)11-4-3-5-11/h6-8,11H,3-5,16H2,1-2H3,(H,17,18). The molecule has 0 radical (unpaired) electrons. The van der Waals surface area contributed by atoms with Gasteiger partial charge in [-0.05, 0) is 38.3 Å². The number of rotatable bonds is 2. The van der Waals surface area contributed by atoms with Crippen molar-refractivity contribution in [2.24, 2.45) is 0 Å². The van der Waals surface area contributed by atoms with E-state index in [1.807, 2.05) is 13.0 Å². The Morgan fingerprint density at radius 3 is 2.67 bits per heavy atom. The third kappa shape index (κ3) is 1.80. The van der Waals surface area contributed by atoms with Gasteiger partial charge in [0.1, 0.15) is 5.82 Å². The summed E-state index contributed by atoms with van der Waals surface area (Å²) >= 11 is 0. The van der Waals surface area contributed by atoms with Crippen molar-refractivity contribution in [1.29, 1.82) is 0 Å². The minimum Gasteiger partial charge on any atom is -0.398 e. The van der Waals surface area contributed by atoms with E-state index in [1.54, 1.807) is 0 Å². The van der Waals surface area contributed by atoms with Crippen molar-refractivity contribution in [3.63, 3.8) is 0 Å². The summed E-state index contributed by atoms with van der Waals surface area (Å²) in [7, 11) is 0. The van der Waals surface area contributed by atoms with Crippen molar-refractivity contribution in [3.8, 4) is 11.3 Å². The van der Waals surface area contributed by atoms with Crippen LogP contribution in [0, 0.1) is 13.8 Å². The second-order valence-electron chi connectivity index (χ2n) is 5.29. The predicted octanol–water partition coefficient (Wildman–Crippen LogP) is 3.54. The first-order chi connectivity index (χ1) is 8.65. The van der Waals surface area contributed by atoms with Gasteiger partial charge in [0.25, 0.3) is 0 Å². The van der Waals surface area contributed by atoms with Gasteiger partial charge in [0.15, 0.2) is 0 Å². The van der Waals surface area contributed by atoms with Gasteiger partial charge in [-0.25, -0.2) is 4.98 Å². The van der Waals surface area contributed by atoms with Crippen LogP contribution in [0.25, 0.3) is 11.3 Å². The molecule has 1 aliphatic carbocycles. The second-order valence-corrected chi connectivity index (χ2v) is 5.29. The molecule has 2 aromatic rings. The third-order valence-electron chi connectivity index (χ3n) is 3.95. The number of aryl methyl sites for hydroxylation is 2. The fourth-order valence-electron chi connectivity index (χ4n) is 2.43. The Kier molecular flexibility index (Phi) is 2.62. The van der Waals surface area contributed by atoms with Crippen LogP contribution in [0.5, 0.6) is 0 Å². The SMILES string of the molecule is Cc1ccc(-c2nc(C3CCC3)[nH]c2C)cc1N. The summed E-state index contributed by atoms with van der Waals surface area (Å²) in [5.74, 6) is 1.79. The number of nitrogens with one attached hydrogen (secondary N) is 1. The highest BCUT2D eigenvalue weighted by Crippen LogP contribution is 2.36. The van der Waals surface area contributed by atoms with Crippen LogP contribution in [0.2, 0.25) is 0 Å². The molecule has 1 heterocycles. The smallest absolute Gasteiger partial charge is 0.110 e. The summed E-state index contributed by atoms with van der Waals surface area (Å²) < 4.78 is 0. The number of nitrogens with two attached hydrogens (primary N) is 1. The Balaban J connectivity index is 1.99. The van der Waals surface area contributed by atoms with Gasteiger partial charge in [0, 0.05) is 22.9 Å². The van der Waals surface area contributed by atoms with Crippen LogP contribution in [0.15, 0.2) is 18.2 Å². The molecule has 1 aromatic heterocycles. The largest absolute Gasteiger partial charge is 0.398 e. The molecule has 3 N–H and O–H groups in total. The molecule has 0 atom stereocenters. The fraction of sp³-hybridized carbons (Fsp3) is 0.400. The van der Waals surface area contributed by atoms with Crippen LogP contribution in [-0.2, 0) is 0 Å². The van der Waals surface area contributed by atoms with E-state index in [2.05, 4.69) is 24.0 Å². The summed E-state index contributed by atoms with van der Waals surface area (Å²) in [6, 6.07) is 6.17. The Labute approximate surface area is 107 Å². The maximum absolute atomic E-state index is 5.97. The normalized spacial score (nSPS) is 15.7. The Bertz CT molecular complexity index is 579. The minimum atomic E-state index is 0.639. The molecule has 1 saturated carbocycles. The van der Waals surface area contributed by atoms with Crippen molar-refractivity contribution >= 4 is 5.69 Å². The average Bonchev–Trinajstić information content (AvgIpc) is 2.62. The lowest BCUT2D eigenvalue weighted by atomic mass is 9.85. The molecule has 0 unspecified atom stereocenters. The van der Waals surface area contributed by atoms with Crippen LogP contribution < -0.4 is 5.73 Å². The minimum absolute atomic E-state index is 0.639. The molecule has 0 saturated heterocycles. The zero-order valence-corrected chi connectivity index (χ0v) is 11.0. The van der Waals surface area contributed by atoms with Crippen LogP contribution in [-0.4, -0.2) is 9.97 Å². The molecule has 1 aromatic carbocycles. The van der Waals surface area contributed by atoms with Gasteiger partial charge in [0.2, 0.25) is 0 Å². The number of hydrogen-bond donors (Lipinski definition) is 2. The van der Waals surface area contributed by atoms with Crippen LogP contribution in [0.3, 0.4) is 0 Å². The number of benzene rings is 1. The molecule has 18 heavy (non-hydrogen) atoms. The van der Waals surface area contributed by atoms with E-state index < -0.39 is 0 Å². The van der Waals surface area contributed by atoms with E-state index in [0.717, 1.165) is 34.0 Å². The molecule has 1 fully saturated rings. The molecule has 0 aliphatic heterocycles. The Morgan fingerprint density at radius 1 is 1.28 bits per heavy atom. The summed E-state index contributed by atoms with van der Waals surface area (Å²) in [5, 5.41) is 0. The third-order valence-corrected chi connectivity index (χ3v) is 3.95. The number of anilines is 1. The van der Waals surface area contributed by atoms with Crippen molar-refractivity contribution < 1.29 is 0 Å². The summed E-state index contributed by atoms with van der Waals surface area (Å²) in [6.45, 7) is 4.11. The number of H-pyrrole nitrogens is 1. The molecule has 3 nitrogen and oxygen atoms in total. The average molecular weight is 241 g/mol. The van der Waals surface area contributed by atoms with Gasteiger partial charge in [-0.3, -0.25) is 0 Å². The molecule has 0 bridgehead atoms. The first-order valence-electron chi connectivity index (χ1n) is 6.58. The zero-order chi connectivity index (χ0) is 12.7. The highest BCUT2D eigenvalue weighted by Gasteiger charge is 2.23. The highest BCUT2D eigenvalue weighted by molar-refractivity contribution is 5.68. The van der Waals surface area contributed by atoms with Gasteiger partial charge in [0.05, 0.1) is 5.69 Å². The maximum Gasteiger partial charge on any atom is 0.110 e. The van der Waals surface area contributed by atoms with Crippen molar-refractivity contribution in [3.05, 3.63) is 35.3 Å². The van der Waals surface area contributed by atoms with Crippen LogP contribution in [0.1, 0.15) is 42.3 Å². The molecule has 3 rings (SSSR count). The Morgan fingerprint density at radius 2 is 2.06 bits per heavy atom. The number of nitrogens with zero attached hydrogens (tertiary/aromatic N) is 1. The van der Waals surface area contributed by atoms with Crippen molar-refractivity contribution in [2.75, 3.05) is 5.73 Å². The number of aromatic nitrogens is 2. The van der Waals surface area contributed by atoms with Gasteiger partial charge in [-0.2, -0.15) is 0 Å². The quantitative estimate of drug-likeness (QED) is 0.790. The van der Waals surface area contributed by atoms with Crippen molar-refractivity contribution in [2.45, 2.75) is 39.0 Å². The van der Waals surface area contributed by atoms with Gasteiger partial charge >= 0.3 is 0 Å². The van der Waals surface area contributed by atoms with Gasteiger partial charge in [-0.1, -0.05) is 18.6 Å². The monoisotopic (exact) mass is 241 g/mol. The molecule has 3 heteroatoms. The predicted molar refractivity (Wildman–Crippen MR) is 74.5 cm³/mol. The van der Waals surface area contributed by atoms with Gasteiger partial charge in [-0.15, -0.1) is 0 Å².